The Morgan fingerprint density at radius 2 is 1.44 bits per heavy atom. The molecule has 17 heteroatoms. The highest BCUT2D eigenvalue weighted by atomic mass is 16.7. The second-order valence-corrected chi connectivity index (χ2v) is 22.4. The van der Waals surface area contributed by atoms with E-state index in [1.807, 2.05) is 0 Å². The number of fused-ring (bicyclic) bond motifs is 7. The summed E-state index contributed by atoms with van der Waals surface area (Å²) in [5.41, 5.74) is 1.10. The zero-order valence-corrected chi connectivity index (χ0v) is 40.7. The first-order valence-corrected chi connectivity index (χ1v) is 23.8. The first kappa shape index (κ1) is 49.5. The number of aromatic nitrogens is 3. The summed E-state index contributed by atoms with van der Waals surface area (Å²) in [6.07, 6.45) is 5.98. The number of carbonyl (C=O) groups excluding carboxylic acids is 6. The van der Waals surface area contributed by atoms with Gasteiger partial charge < -0.3 is 38.8 Å². The first-order valence-electron chi connectivity index (χ1n) is 23.8. The quantitative estimate of drug-likeness (QED) is 0.155. The number of allylic oxidation sites excluding steroid dienone is 2. The Morgan fingerprint density at radius 1 is 0.788 bits per heavy atom. The van der Waals surface area contributed by atoms with E-state index < -0.39 is 72.5 Å². The molecule has 4 saturated carbocycles. The molecule has 0 aromatic carbocycles. The van der Waals surface area contributed by atoms with Gasteiger partial charge >= 0.3 is 29.8 Å². The number of hydrogen-bond acceptors (Lipinski definition) is 15. The van der Waals surface area contributed by atoms with Crippen molar-refractivity contribution in [3.63, 3.8) is 0 Å². The Hall–Kier alpha value is -4.38. The molecule has 5 aliphatic carbocycles. The van der Waals surface area contributed by atoms with Crippen molar-refractivity contribution in [3.8, 4) is 0 Å². The summed E-state index contributed by atoms with van der Waals surface area (Å²) in [5, 5.41) is 22.1. The standard InChI is InChI=1S/C49H72N4O13/c1-27(54)61-26-34-39(63-28(2)55)40(64-29(3)56)41(65-30(4)57)42(66-34)50-38(59)24-53-23-31(51-52-53)25-62-43(60)49-20-18-44(5,6)22-33(49)32-12-13-36-46(9)16-15-37(58)45(7,8)35(46)14-17-48(36,11)47(32,10)19-21-49/h12,23,33-37,39-42,58H,13-22,24-26H2,1-11H3,(H,50,59)/t33-,34+,35-,36+,37-,39+,40-,41+,42+,46-,47+,48+,49-/m0/s1. The average molecular weight is 925 g/mol. The molecule has 17 nitrogen and oxygen atoms in total. The fourth-order valence-electron chi connectivity index (χ4n) is 14.1. The highest BCUT2D eigenvalue weighted by molar-refractivity contribution is 5.79. The molecular weight excluding hydrogens is 853 g/mol. The lowest BCUT2D eigenvalue weighted by Gasteiger charge is -2.71. The number of aliphatic hydroxyl groups excluding tert-OH is 1. The number of nitrogens with zero attached hydrogens (tertiary/aromatic N) is 3. The summed E-state index contributed by atoms with van der Waals surface area (Å²) in [6.45, 7) is 20.2. The van der Waals surface area contributed by atoms with Crippen LogP contribution >= 0.6 is 0 Å². The monoisotopic (exact) mass is 925 g/mol. The number of amides is 1. The van der Waals surface area contributed by atoms with Crippen molar-refractivity contribution < 1.29 is 62.3 Å². The van der Waals surface area contributed by atoms with Gasteiger partial charge in [0.1, 0.15) is 31.6 Å². The van der Waals surface area contributed by atoms with Crippen molar-refractivity contribution >= 4 is 35.8 Å². The Balaban J connectivity index is 1.05. The van der Waals surface area contributed by atoms with Crippen LogP contribution in [0.25, 0.3) is 0 Å². The van der Waals surface area contributed by atoms with Crippen LogP contribution in [0.15, 0.2) is 17.8 Å². The van der Waals surface area contributed by atoms with Crippen molar-refractivity contribution in [2.24, 2.45) is 50.2 Å². The van der Waals surface area contributed by atoms with Gasteiger partial charge in [-0.25, -0.2) is 4.68 Å². The number of aliphatic hydroxyl groups is 1. The SMILES string of the molecule is CC(=O)OC[C@H]1O[C@@H](NC(=O)Cn2cc(COC(=O)[C@]34CCC(C)(C)C[C@H]3C3=CC[C@@H]5[C@@]6(C)CC[C@H](O)C(C)(C)[C@@H]6CC[C@@]5(C)[C@]3(C)CC4)nn2)[C@H](OC(C)=O)[C@@H](OC(C)=O)[C@@H]1OC(C)=O. The minimum absolute atomic E-state index is 0.0379. The summed E-state index contributed by atoms with van der Waals surface area (Å²) in [4.78, 5) is 76.5. The van der Waals surface area contributed by atoms with Crippen molar-refractivity contribution in [2.45, 2.75) is 190 Å². The Labute approximate surface area is 388 Å². The fourth-order valence-corrected chi connectivity index (χ4v) is 14.1. The number of ether oxygens (including phenoxy) is 6. The van der Waals surface area contributed by atoms with E-state index in [0.29, 0.717) is 17.5 Å². The number of esters is 5. The molecule has 13 atom stereocenters. The molecule has 5 fully saturated rings. The molecule has 2 heterocycles. The van der Waals surface area contributed by atoms with Gasteiger partial charge in [-0.15, -0.1) is 5.10 Å². The second-order valence-electron chi connectivity index (χ2n) is 22.4. The van der Waals surface area contributed by atoms with Crippen molar-refractivity contribution in [1.82, 2.24) is 20.3 Å². The molecule has 0 radical (unpaired) electrons. The number of nitrogens with one attached hydrogen (secondary N) is 1. The normalized spacial score (nSPS) is 38.6. The van der Waals surface area contributed by atoms with Crippen LogP contribution in [0.3, 0.4) is 0 Å². The fraction of sp³-hybridized carbons (Fsp3) is 0.796. The molecule has 1 aromatic heterocycles. The van der Waals surface area contributed by atoms with E-state index in [9.17, 15) is 33.9 Å². The maximum atomic E-state index is 14.7. The molecule has 366 valence electrons. The van der Waals surface area contributed by atoms with E-state index in [0.717, 1.165) is 91.9 Å². The number of hydrogen-bond donors (Lipinski definition) is 2. The molecule has 1 aliphatic heterocycles. The molecular formula is C49H72N4O13. The predicted molar refractivity (Wildman–Crippen MR) is 235 cm³/mol. The van der Waals surface area contributed by atoms with E-state index in [4.69, 9.17) is 28.4 Å². The smallest absolute Gasteiger partial charge is 0.313 e. The molecule has 66 heavy (non-hydrogen) atoms. The van der Waals surface area contributed by atoms with E-state index in [1.54, 1.807) is 0 Å². The van der Waals surface area contributed by atoms with Gasteiger partial charge in [0.15, 0.2) is 24.5 Å². The minimum Gasteiger partial charge on any atom is -0.463 e. The van der Waals surface area contributed by atoms with Gasteiger partial charge in [-0.05, 0) is 109 Å². The molecule has 2 N–H and O–H groups in total. The zero-order valence-electron chi connectivity index (χ0n) is 40.7. The largest absolute Gasteiger partial charge is 0.463 e. The Morgan fingerprint density at radius 3 is 2.11 bits per heavy atom. The predicted octanol–water partition coefficient (Wildman–Crippen LogP) is 5.68. The van der Waals surface area contributed by atoms with Gasteiger partial charge in [0.05, 0.1) is 17.7 Å². The summed E-state index contributed by atoms with van der Waals surface area (Å²) in [5.74, 6) is -2.98. The third kappa shape index (κ3) is 8.91. The van der Waals surface area contributed by atoms with Gasteiger partial charge in [0, 0.05) is 27.7 Å². The first-order chi connectivity index (χ1) is 30.8. The van der Waals surface area contributed by atoms with Crippen LogP contribution in [-0.2, 0) is 70.3 Å². The maximum absolute atomic E-state index is 14.7. The average Bonchev–Trinajstić information content (AvgIpc) is 3.66. The van der Waals surface area contributed by atoms with Crippen molar-refractivity contribution in [3.05, 3.63) is 23.5 Å². The molecule has 1 saturated heterocycles. The van der Waals surface area contributed by atoms with Gasteiger partial charge in [0.25, 0.3) is 0 Å². The molecule has 6 aliphatic rings. The van der Waals surface area contributed by atoms with E-state index in [1.165, 1.54) is 16.5 Å². The van der Waals surface area contributed by atoms with Crippen LogP contribution in [0, 0.1) is 50.2 Å². The van der Waals surface area contributed by atoms with Gasteiger partial charge in [-0.1, -0.05) is 65.3 Å². The third-order valence-corrected chi connectivity index (χ3v) is 17.6. The lowest BCUT2D eigenvalue weighted by Crippen LogP contribution is -2.66. The molecule has 1 aromatic rings. The lowest BCUT2D eigenvalue weighted by molar-refractivity contribution is -0.257. The summed E-state index contributed by atoms with van der Waals surface area (Å²) in [6, 6.07) is 0. The second kappa shape index (κ2) is 17.9. The van der Waals surface area contributed by atoms with Crippen LogP contribution in [0.1, 0.15) is 146 Å². The molecule has 1 amide bonds. The topological polar surface area (TPSA) is 221 Å². The van der Waals surface area contributed by atoms with Gasteiger partial charge in [-0.3, -0.25) is 28.8 Å². The van der Waals surface area contributed by atoms with E-state index >= 15 is 0 Å². The lowest BCUT2D eigenvalue weighted by atomic mass is 9.33. The van der Waals surface area contributed by atoms with E-state index in [2.05, 4.69) is 70.2 Å². The molecule has 0 spiro atoms. The molecule has 0 unspecified atom stereocenters. The Bertz CT molecular complexity index is 2120. The van der Waals surface area contributed by atoms with Crippen LogP contribution in [0.2, 0.25) is 0 Å². The van der Waals surface area contributed by atoms with Crippen LogP contribution in [0.5, 0.6) is 0 Å². The minimum atomic E-state index is -1.48. The number of carbonyl (C=O) groups is 6. The summed E-state index contributed by atoms with van der Waals surface area (Å²) < 4.78 is 34.9. The van der Waals surface area contributed by atoms with Gasteiger partial charge in [0.2, 0.25) is 5.91 Å². The van der Waals surface area contributed by atoms with Crippen LogP contribution in [0.4, 0.5) is 0 Å². The molecule has 7 rings (SSSR count). The molecule has 0 bridgehead atoms. The highest BCUT2D eigenvalue weighted by Crippen LogP contribution is 2.76. The van der Waals surface area contributed by atoms with Gasteiger partial charge in [-0.2, -0.15) is 0 Å². The zero-order chi connectivity index (χ0) is 48.4. The van der Waals surface area contributed by atoms with Crippen LogP contribution < -0.4 is 5.32 Å². The van der Waals surface area contributed by atoms with E-state index in [-0.39, 0.29) is 58.2 Å². The third-order valence-electron chi connectivity index (χ3n) is 17.6. The Kier molecular flexibility index (Phi) is 13.5. The maximum Gasteiger partial charge on any atom is 0.313 e. The summed E-state index contributed by atoms with van der Waals surface area (Å²) >= 11 is 0. The van der Waals surface area contributed by atoms with Crippen molar-refractivity contribution in [1.29, 1.82) is 0 Å². The highest BCUT2D eigenvalue weighted by Gasteiger charge is 2.69. The number of rotatable bonds is 11. The van der Waals surface area contributed by atoms with Crippen LogP contribution in [-0.4, -0.2) is 99.2 Å². The summed E-state index contributed by atoms with van der Waals surface area (Å²) in [7, 11) is 0. The van der Waals surface area contributed by atoms with Crippen molar-refractivity contribution in [2.75, 3.05) is 6.61 Å².